The van der Waals surface area contributed by atoms with E-state index in [0.717, 1.165) is 11.8 Å². The van der Waals surface area contributed by atoms with Crippen LogP contribution in [-0.2, 0) is 21.1 Å². The Morgan fingerprint density at radius 1 is 0.967 bits per heavy atom. The van der Waals surface area contributed by atoms with Crippen LogP contribution in [0.4, 0.5) is 11.4 Å². The van der Waals surface area contributed by atoms with Gasteiger partial charge in [-0.05, 0) is 35.9 Å². The first-order valence-corrected chi connectivity index (χ1v) is 11.3. The number of sulfone groups is 1. The molecule has 1 heterocycles. The molecule has 6 nitrogen and oxygen atoms in total. The number of carbonyl (C=O) groups excluding carboxylic acids is 2. The third-order valence-corrected chi connectivity index (χ3v) is 6.15. The second kappa shape index (κ2) is 7.76. The number of anilines is 2. The zero-order chi connectivity index (χ0) is 21.3. The lowest BCUT2D eigenvalue weighted by Crippen LogP contribution is -2.52. The van der Waals surface area contributed by atoms with Crippen LogP contribution < -0.4 is 10.2 Å². The predicted octanol–water partition coefficient (Wildman–Crippen LogP) is 3.30. The van der Waals surface area contributed by atoms with Gasteiger partial charge in [0.1, 0.15) is 6.04 Å². The lowest BCUT2D eigenvalue weighted by atomic mass is 9.99. The van der Waals surface area contributed by atoms with Crippen molar-refractivity contribution in [3.8, 4) is 0 Å². The van der Waals surface area contributed by atoms with Crippen LogP contribution in [0, 0.1) is 0 Å². The average Bonchev–Trinajstić information content (AvgIpc) is 2.74. The second-order valence-corrected chi connectivity index (χ2v) is 9.20. The van der Waals surface area contributed by atoms with Gasteiger partial charge in [-0.15, -0.1) is 0 Å². The van der Waals surface area contributed by atoms with Crippen LogP contribution in [0.15, 0.2) is 83.8 Å². The molecule has 3 aromatic carbocycles. The van der Waals surface area contributed by atoms with Crippen LogP contribution in [-0.4, -0.2) is 32.5 Å². The largest absolute Gasteiger partial charge is 0.322 e. The van der Waals surface area contributed by atoms with Crippen molar-refractivity contribution in [2.75, 3.05) is 16.5 Å². The Hall–Kier alpha value is -3.45. The summed E-state index contributed by atoms with van der Waals surface area (Å²) in [5.74, 6) is -0.680. The summed E-state index contributed by atoms with van der Waals surface area (Å²) in [7, 11) is -3.46. The minimum Gasteiger partial charge on any atom is -0.322 e. The molecule has 0 spiro atoms. The Morgan fingerprint density at radius 2 is 1.60 bits per heavy atom. The van der Waals surface area contributed by atoms with Gasteiger partial charge in [-0.25, -0.2) is 8.42 Å². The van der Waals surface area contributed by atoms with E-state index in [1.54, 1.807) is 30.3 Å². The van der Waals surface area contributed by atoms with E-state index in [-0.39, 0.29) is 16.7 Å². The molecule has 0 bridgehead atoms. The molecule has 0 radical (unpaired) electrons. The molecule has 30 heavy (non-hydrogen) atoms. The van der Waals surface area contributed by atoms with E-state index in [0.29, 0.717) is 23.4 Å². The lowest BCUT2D eigenvalue weighted by molar-refractivity contribution is -0.117. The molecule has 1 N–H and O–H groups in total. The monoisotopic (exact) mass is 420 g/mol. The highest BCUT2D eigenvalue weighted by Crippen LogP contribution is 2.36. The molecule has 1 atom stereocenters. The highest BCUT2D eigenvalue weighted by Gasteiger charge is 2.37. The summed E-state index contributed by atoms with van der Waals surface area (Å²) in [4.78, 5) is 28.0. The summed E-state index contributed by atoms with van der Waals surface area (Å²) in [5.41, 5.74) is 2.14. The topological polar surface area (TPSA) is 83.6 Å². The molecule has 0 saturated heterocycles. The quantitative estimate of drug-likeness (QED) is 0.702. The van der Waals surface area contributed by atoms with Gasteiger partial charge in [0.25, 0.3) is 5.91 Å². The molecule has 7 heteroatoms. The first kappa shape index (κ1) is 19.8. The van der Waals surface area contributed by atoms with Crippen molar-refractivity contribution in [3.05, 3.63) is 90.0 Å². The summed E-state index contributed by atoms with van der Waals surface area (Å²) in [5, 5.41) is 2.78. The Bertz CT molecular complexity index is 1210. The Kier molecular flexibility index (Phi) is 5.13. The van der Waals surface area contributed by atoms with E-state index < -0.39 is 15.9 Å². The van der Waals surface area contributed by atoms with Crippen LogP contribution in [0.5, 0.6) is 0 Å². The molecule has 1 aliphatic heterocycles. The molecule has 0 saturated carbocycles. The van der Waals surface area contributed by atoms with Crippen molar-refractivity contribution < 1.29 is 18.0 Å². The van der Waals surface area contributed by atoms with E-state index in [1.807, 2.05) is 36.4 Å². The SMILES string of the molecule is CS(=O)(=O)c1ccc2c(c1)NC(=O)C(Cc1ccccc1)N2C(=O)c1ccccc1. The number of rotatable bonds is 4. The number of hydrogen-bond donors (Lipinski definition) is 1. The van der Waals surface area contributed by atoms with Gasteiger partial charge in [0, 0.05) is 18.2 Å². The second-order valence-electron chi connectivity index (χ2n) is 7.19. The number of fused-ring (bicyclic) bond motifs is 1. The smallest absolute Gasteiger partial charge is 0.259 e. The van der Waals surface area contributed by atoms with Gasteiger partial charge in [-0.3, -0.25) is 14.5 Å². The molecular formula is C23H20N2O4S. The van der Waals surface area contributed by atoms with Crippen molar-refractivity contribution in [1.29, 1.82) is 0 Å². The van der Waals surface area contributed by atoms with Gasteiger partial charge in [0.15, 0.2) is 9.84 Å². The molecule has 4 rings (SSSR count). The summed E-state index contributed by atoms with van der Waals surface area (Å²) < 4.78 is 23.9. The molecule has 152 valence electrons. The first-order valence-electron chi connectivity index (χ1n) is 9.42. The molecule has 0 fully saturated rings. The molecule has 2 amide bonds. The number of hydrogen-bond acceptors (Lipinski definition) is 4. The zero-order valence-corrected chi connectivity index (χ0v) is 17.1. The van der Waals surface area contributed by atoms with E-state index in [2.05, 4.69) is 5.32 Å². The Labute approximate surface area is 175 Å². The highest BCUT2D eigenvalue weighted by atomic mass is 32.2. The van der Waals surface area contributed by atoms with Crippen LogP contribution in [0.3, 0.4) is 0 Å². The van der Waals surface area contributed by atoms with Gasteiger partial charge in [-0.2, -0.15) is 0 Å². The first-order chi connectivity index (χ1) is 14.3. The fourth-order valence-corrected chi connectivity index (χ4v) is 4.20. The maximum Gasteiger partial charge on any atom is 0.259 e. The summed E-state index contributed by atoms with van der Waals surface area (Å²) in [6.45, 7) is 0. The summed E-state index contributed by atoms with van der Waals surface area (Å²) in [6.07, 6.45) is 1.43. The van der Waals surface area contributed by atoms with Crippen LogP contribution in [0.1, 0.15) is 15.9 Å². The van der Waals surface area contributed by atoms with Crippen molar-refractivity contribution >= 4 is 33.0 Å². The van der Waals surface area contributed by atoms with Gasteiger partial charge in [-0.1, -0.05) is 48.5 Å². The lowest BCUT2D eigenvalue weighted by Gasteiger charge is -2.37. The average molecular weight is 420 g/mol. The van der Waals surface area contributed by atoms with E-state index in [4.69, 9.17) is 0 Å². The van der Waals surface area contributed by atoms with Crippen LogP contribution in [0.25, 0.3) is 0 Å². The van der Waals surface area contributed by atoms with Gasteiger partial charge < -0.3 is 5.32 Å². The Morgan fingerprint density at radius 3 is 2.23 bits per heavy atom. The van der Waals surface area contributed by atoms with Gasteiger partial charge in [0.2, 0.25) is 5.91 Å². The van der Waals surface area contributed by atoms with Crippen molar-refractivity contribution in [2.45, 2.75) is 17.4 Å². The molecule has 0 aromatic heterocycles. The van der Waals surface area contributed by atoms with Crippen LogP contribution >= 0.6 is 0 Å². The van der Waals surface area contributed by atoms with Crippen molar-refractivity contribution in [2.24, 2.45) is 0 Å². The van der Waals surface area contributed by atoms with E-state index in [1.165, 1.54) is 17.0 Å². The minimum atomic E-state index is -3.46. The third kappa shape index (κ3) is 3.84. The maximum absolute atomic E-state index is 13.4. The van der Waals surface area contributed by atoms with Crippen molar-refractivity contribution in [3.63, 3.8) is 0 Å². The predicted molar refractivity (Wildman–Crippen MR) is 115 cm³/mol. The van der Waals surface area contributed by atoms with Gasteiger partial charge in [0.05, 0.1) is 16.3 Å². The van der Waals surface area contributed by atoms with E-state index >= 15 is 0 Å². The normalized spacial score (nSPS) is 16.0. The number of nitrogens with zero attached hydrogens (tertiary/aromatic N) is 1. The third-order valence-electron chi connectivity index (χ3n) is 5.04. The summed E-state index contributed by atoms with van der Waals surface area (Å²) >= 11 is 0. The number of nitrogens with one attached hydrogen (secondary N) is 1. The molecular weight excluding hydrogens is 400 g/mol. The molecule has 0 aliphatic carbocycles. The maximum atomic E-state index is 13.4. The number of amides is 2. The zero-order valence-electron chi connectivity index (χ0n) is 16.3. The summed E-state index contributed by atoms with van der Waals surface area (Å²) in [6, 6.07) is 21.8. The number of carbonyl (C=O) groups is 2. The van der Waals surface area contributed by atoms with Gasteiger partial charge >= 0.3 is 0 Å². The molecule has 3 aromatic rings. The fraction of sp³-hybridized carbons (Fsp3) is 0.130. The highest BCUT2D eigenvalue weighted by molar-refractivity contribution is 7.90. The van der Waals surface area contributed by atoms with E-state index in [9.17, 15) is 18.0 Å². The molecule has 1 unspecified atom stereocenters. The van der Waals surface area contributed by atoms with Crippen LogP contribution in [0.2, 0.25) is 0 Å². The van der Waals surface area contributed by atoms with Crippen molar-refractivity contribution in [1.82, 2.24) is 0 Å². The standard InChI is InChI=1S/C23H20N2O4S/c1-30(28,29)18-12-13-20-19(15-18)24-22(26)21(14-16-8-4-2-5-9-16)25(20)23(27)17-10-6-3-7-11-17/h2-13,15,21H,14H2,1H3,(H,24,26). The molecule has 1 aliphatic rings. The Balaban J connectivity index is 1.83. The fourth-order valence-electron chi connectivity index (χ4n) is 3.55. The minimum absolute atomic E-state index is 0.0789. The number of benzene rings is 3.